The number of anilines is 1. The number of rotatable bonds is 6. The van der Waals surface area contributed by atoms with Crippen LogP contribution in [0.3, 0.4) is 0 Å². The van der Waals surface area contributed by atoms with Crippen molar-refractivity contribution in [3.8, 4) is 0 Å². The van der Waals surface area contributed by atoms with Gasteiger partial charge >= 0.3 is 0 Å². The van der Waals surface area contributed by atoms with Gasteiger partial charge in [0.1, 0.15) is 11.9 Å². The van der Waals surface area contributed by atoms with Gasteiger partial charge in [0.2, 0.25) is 5.91 Å². The summed E-state index contributed by atoms with van der Waals surface area (Å²) in [5.41, 5.74) is 2.64. The molecule has 0 unspecified atom stereocenters. The van der Waals surface area contributed by atoms with Crippen LogP contribution in [0.25, 0.3) is 0 Å². The first-order valence-corrected chi connectivity index (χ1v) is 11.5. The van der Waals surface area contributed by atoms with Crippen molar-refractivity contribution in [3.63, 3.8) is 0 Å². The van der Waals surface area contributed by atoms with Crippen LogP contribution in [-0.4, -0.2) is 32.6 Å². The quantitative estimate of drug-likeness (QED) is 0.543. The summed E-state index contributed by atoms with van der Waals surface area (Å²) in [6.45, 7) is 0. The minimum atomic E-state index is -0.517. The lowest BCUT2D eigenvalue weighted by atomic mass is 10.0. The molecule has 0 aliphatic carbocycles. The molecule has 3 aromatic rings. The van der Waals surface area contributed by atoms with Crippen LogP contribution in [0.4, 0.5) is 5.69 Å². The average Bonchev–Trinajstić information content (AvgIpc) is 3.49. The summed E-state index contributed by atoms with van der Waals surface area (Å²) < 4.78 is 1.50. The molecule has 0 spiro atoms. The van der Waals surface area contributed by atoms with Crippen LogP contribution in [0.2, 0.25) is 0 Å². The highest BCUT2D eigenvalue weighted by atomic mass is 16.3. The average molecular weight is 445 g/mol. The topological polar surface area (TPSA) is 96.2 Å². The van der Waals surface area contributed by atoms with Gasteiger partial charge in [-0.3, -0.25) is 14.2 Å². The van der Waals surface area contributed by atoms with E-state index in [0.717, 1.165) is 24.8 Å². The smallest absolute Gasteiger partial charge is 0.254 e. The minimum absolute atomic E-state index is 0.0585. The van der Waals surface area contributed by atoms with E-state index in [0.29, 0.717) is 30.4 Å². The van der Waals surface area contributed by atoms with Gasteiger partial charge in [-0.1, -0.05) is 42.5 Å². The van der Waals surface area contributed by atoms with Crippen molar-refractivity contribution in [2.24, 2.45) is 0 Å². The van der Waals surface area contributed by atoms with Gasteiger partial charge in [-0.15, -0.1) is 0 Å². The summed E-state index contributed by atoms with van der Waals surface area (Å²) in [5, 5.41) is 17.2. The SMILES string of the molecule is O=C(Nc1ccc(C[C@@H]2CC[C@@H]([C@@H](O)c3ccccc3)N2)cc1)[C@H]1CCc2nccc(=O)n21. The molecular weight excluding hydrogens is 416 g/mol. The highest BCUT2D eigenvalue weighted by molar-refractivity contribution is 5.94. The van der Waals surface area contributed by atoms with Crippen LogP contribution in [0.5, 0.6) is 0 Å². The van der Waals surface area contributed by atoms with Crippen molar-refractivity contribution in [2.75, 3.05) is 5.32 Å². The van der Waals surface area contributed by atoms with Gasteiger partial charge in [0.25, 0.3) is 5.56 Å². The highest BCUT2D eigenvalue weighted by Crippen LogP contribution is 2.27. The molecule has 1 amide bonds. The molecule has 2 aliphatic heterocycles. The Kier molecular flexibility index (Phi) is 6.07. The predicted molar refractivity (Wildman–Crippen MR) is 126 cm³/mol. The number of aliphatic hydroxyl groups excluding tert-OH is 1. The molecule has 1 aromatic heterocycles. The molecule has 7 nitrogen and oxygen atoms in total. The van der Waals surface area contributed by atoms with Crippen molar-refractivity contribution >= 4 is 11.6 Å². The molecule has 4 atom stereocenters. The monoisotopic (exact) mass is 444 g/mol. The Labute approximate surface area is 192 Å². The number of fused-ring (bicyclic) bond motifs is 1. The summed E-state index contributed by atoms with van der Waals surface area (Å²) in [5.74, 6) is 0.476. The second kappa shape index (κ2) is 9.29. The molecule has 170 valence electrons. The third kappa shape index (κ3) is 4.60. The van der Waals surface area contributed by atoms with E-state index in [-0.39, 0.29) is 17.5 Å². The first-order chi connectivity index (χ1) is 16.1. The summed E-state index contributed by atoms with van der Waals surface area (Å²) in [4.78, 5) is 29.1. The Morgan fingerprint density at radius 1 is 1.09 bits per heavy atom. The first-order valence-electron chi connectivity index (χ1n) is 11.5. The van der Waals surface area contributed by atoms with Gasteiger partial charge in [-0.25, -0.2) is 4.98 Å². The van der Waals surface area contributed by atoms with Crippen molar-refractivity contribution in [1.82, 2.24) is 14.9 Å². The van der Waals surface area contributed by atoms with Gasteiger partial charge < -0.3 is 15.7 Å². The maximum atomic E-state index is 12.8. The van der Waals surface area contributed by atoms with Gasteiger partial charge in [-0.2, -0.15) is 0 Å². The molecule has 2 aliphatic rings. The Morgan fingerprint density at radius 3 is 2.67 bits per heavy atom. The zero-order chi connectivity index (χ0) is 22.8. The van der Waals surface area contributed by atoms with Crippen LogP contribution < -0.4 is 16.2 Å². The lowest BCUT2D eigenvalue weighted by Crippen LogP contribution is -2.35. The summed E-state index contributed by atoms with van der Waals surface area (Å²) >= 11 is 0. The third-order valence-electron chi connectivity index (χ3n) is 6.71. The maximum Gasteiger partial charge on any atom is 0.254 e. The fourth-order valence-electron chi connectivity index (χ4n) is 5.00. The second-order valence-corrected chi connectivity index (χ2v) is 8.92. The Bertz CT molecular complexity index is 1180. The molecule has 3 heterocycles. The van der Waals surface area contributed by atoms with Gasteiger partial charge in [0.15, 0.2) is 0 Å². The number of hydrogen-bond donors (Lipinski definition) is 3. The van der Waals surface area contributed by atoms with Crippen LogP contribution in [0.15, 0.2) is 71.7 Å². The van der Waals surface area contributed by atoms with E-state index in [4.69, 9.17) is 0 Å². The number of hydrogen-bond acceptors (Lipinski definition) is 5. The molecule has 2 aromatic carbocycles. The molecule has 7 heteroatoms. The fraction of sp³-hybridized carbons (Fsp3) is 0.346. The molecule has 33 heavy (non-hydrogen) atoms. The zero-order valence-electron chi connectivity index (χ0n) is 18.4. The number of aliphatic hydroxyl groups is 1. The molecule has 0 saturated carbocycles. The van der Waals surface area contributed by atoms with E-state index < -0.39 is 12.1 Å². The zero-order valence-corrected chi connectivity index (χ0v) is 18.4. The fourth-order valence-corrected chi connectivity index (χ4v) is 5.00. The number of carbonyl (C=O) groups excluding carboxylic acids is 1. The lowest BCUT2D eigenvalue weighted by molar-refractivity contribution is -0.119. The minimum Gasteiger partial charge on any atom is -0.387 e. The van der Waals surface area contributed by atoms with Crippen LogP contribution >= 0.6 is 0 Å². The van der Waals surface area contributed by atoms with E-state index in [1.54, 1.807) is 0 Å². The first kappa shape index (κ1) is 21.6. The van der Waals surface area contributed by atoms with Crippen molar-refractivity contribution < 1.29 is 9.90 Å². The molecule has 1 fully saturated rings. The maximum absolute atomic E-state index is 12.8. The molecule has 5 rings (SSSR count). The number of carbonyl (C=O) groups is 1. The van der Waals surface area contributed by atoms with Gasteiger partial charge in [-0.05, 0) is 48.9 Å². The number of benzene rings is 2. The standard InChI is InChI=1S/C26H28N4O3/c31-24-14-15-27-23-13-12-22(30(23)24)26(33)29-19-8-6-17(7-9-19)16-20-10-11-21(28-20)25(32)18-4-2-1-3-5-18/h1-9,14-15,20-22,25,28,32H,10-13,16H2,(H,29,33)/t20-,21-,22+,25-/m0/s1. The van der Waals surface area contributed by atoms with Gasteiger partial charge in [0.05, 0.1) is 6.10 Å². The van der Waals surface area contributed by atoms with E-state index in [9.17, 15) is 14.7 Å². The van der Waals surface area contributed by atoms with Crippen LogP contribution in [-0.2, 0) is 17.6 Å². The Hall–Kier alpha value is -3.29. The number of aromatic nitrogens is 2. The number of amides is 1. The highest BCUT2D eigenvalue weighted by Gasteiger charge is 2.31. The van der Waals surface area contributed by atoms with Crippen molar-refractivity contribution in [2.45, 2.75) is 56.3 Å². The summed E-state index contributed by atoms with van der Waals surface area (Å²) in [6.07, 6.45) is 5.02. The summed E-state index contributed by atoms with van der Waals surface area (Å²) in [6, 6.07) is 18.9. The van der Waals surface area contributed by atoms with Gasteiger partial charge in [0, 0.05) is 36.5 Å². The summed E-state index contributed by atoms with van der Waals surface area (Å²) in [7, 11) is 0. The van der Waals surface area contributed by atoms with E-state index >= 15 is 0 Å². The number of nitrogens with one attached hydrogen (secondary N) is 2. The second-order valence-electron chi connectivity index (χ2n) is 8.92. The Morgan fingerprint density at radius 2 is 1.88 bits per heavy atom. The number of aryl methyl sites for hydroxylation is 1. The molecule has 3 N–H and O–H groups in total. The molecule has 1 saturated heterocycles. The van der Waals surface area contributed by atoms with E-state index in [1.807, 2.05) is 54.6 Å². The van der Waals surface area contributed by atoms with Crippen molar-refractivity contribution in [3.05, 3.63) is 94.2 Å². The van der Waals surface area contributed by atoms with Crippen LogP contribution in [0, 0.1) is 0 Å². The normalized spacial score (nSPS) is 22.6. The Balaban J connectivity index is 1.17. The lowest BCUT2D eigenvalue weighted by Gasteiger charge is -2.20. The third-order valence-corrected chi connectivity index (χ3v) is 6.71. The number of nitrogens with zero attached hydrogens (tertiary/aromatic N) is 2. The molecule has 0 bridgehead atoms. The molecular formula is C26H28N4O3. The van der Waals surface area contributed by atoms with E-state index in [1.165, 1.54) is 22.4 Å². The van der Waals surface area contributed by atoms with E-state index in [2.05, 4.69) is 15.6 Å². The van der Waals surface area contributed by atoms with Crippen LogP contribution in [0.1, 0.15) is 48.4 Å². The van der Waals surface area contributed by atoms with Crippen molar-refractivity contribution in [1.29, 1.82) is 0 Å². The predicted octanol–water partition coefficient (Wildman–Crippen LogP) is 2.77. The largest absolute Gasteiger partial charge is 0.387 e. The molecule has 0 radical (unpaired) electrons.